The number of para-hydroxylation sites is 2. The predicted molar refractivity (Wildman–Crippen MR) is 116 cm³/mol. The molecule has 1 fully saturated rings. The van der Waals surface area contributed by atoms with Crippen molar-refractivity contribution in [1.29, 1.82) is 0 Å². The van der Waals surface area contributed by atoms with Crippen LogP contribution in [0, 0.1) is 0 Å². The van der Waals surface area contributed by atoms with E-state index in [1.54, 1.807) is 32.4 Å². The number of anilines is 1. The summed E-state index contributed by atoms with van der Waals surface area (Å²) in [4.78, 5) is 21.6. The van der Waals surface area contributed by atoms with E-state index >= 15 is 0 Å². The van der Waals surface area contributed by atoms with Gasteiger partial charge in [-0.1, -0.05) is 12.1 Å². The number of carbonyl (C=O) groups is 1. The first-order valence-electron chi connectivity index (χ1n) is 9.99. The second-order valence-corrected chi connectivity index (χ2v) is 7.34. The number of hydrogen-bond donors (Lipinski definition) is 1. The molecule has 8 nitrogen and oxygen atoms in total. The van der Waals surface area contributed by atoms with Gasteiger partial charge in [0, 0.05) is 45.0 Å². The van der Waals surface area contributed by atoms with Crippen molar-refractivity contribution in [1.82, 2.24) is 19.4 Å². The first-order valence-corrected chi connectivity index (χ1v) is 9.99. The predicted octanol–water partition coefficient (Wildman–Crippen LogP) is 2.94. The summed E-state index contributed by atoms with van der Waals surface area (Å²) in [5, 5.41) is 2.95. The monoisotopic (exact) mass is 409 g/mol. The zero-order chi connectivity index (χ0) is 21.1. The molecule has 0 radical (unpaired) electrons. The van der Waals surface area contributed by atoms with E-state index in [-0.39, 0.29) is 6.03 Å². The van der Waals surface area contributed by atoms with Gasteiger partial charge in [-0.05, 0) is 24.3 Å². The van der Waals surface area contributed by atoms with Gasteiger partial charge in [-0.25, -0.2) is 9.78 Å². The van der Waals surface area contributed by atoms with Crippen molar-refractivity contribution in [2.24, 2.45) is 7.05 Å². The molecule has 0 unspecified atom stereocenters. The van der Waals surface area contributed by atoms with Gasteiger partial charge in [-0.3, -0.25) is 4.90 Å². The van der Waals surface area contributed by atoms with Gasteiger partial charge < -0.3 is 24.3 Å². The topological polar surface area (TPSA) is 71.9 Å². The number of methoxy groups -OCH3 is 2. The fraction of sp³-hybridized carbons (Fsp3) is 0.364. The molecule has 2 amide bonds. The van der Waals surface area contributed by atoms with Crippen molar-refractivity contribution < 1.29 is 14.3 Å². The van der Waals surface area contributed by atoms with E-state index in [1.165, 1.54) is 0 Å². The highest BCUT2D eigenvalue weighted by atomic mass is 16.5. The van der Waals surface area contributed by atoms with Gasteiger partial charge in [0.1, 0.15) is 5.82 Å². The maximum atomic E-state index is 12.7. The summed E-state index contributed by atoms with van der Waals surface area (Å²) in [5.74, 6) is 2.26. The molecule has 3 aromatic rings. The van der Waals surface area contributed by atoms with Crippen LogP contribution in [0.3, 0.4) is 0 Å². The zero-order valence-corrected chi connectivity index (χ0v) is 17.6. The molecule has 1 saturated heterocycles. The normalized spacial score (nSPS) is 14.7. The summed E-state index contributed by atoms with van der Waals surface area (Å²) >= 11 is 0. The van der Waals surface area contributed by atoms with Crippen LogP contribution in [0.15, 0.2) is 42.5 Å². The van der Waals surface area contributed by atoms with E-state index in [2.05, 4.69) is 27.9 Å². The minimum Gasteiger partial charge on any atom is -0.493 e. The van der Waals surface area contributed by atoms with Crippen molar-refractivity contribution in [3.8, 4) is 11.5 Å². The number of hydrogen-bond acceptors (Lipinski definition) is 5. The van der Waals surface area contributed by atoms with Crippen LogP contribution in [0.4, 0.5) is 10.5 Å². The van der Waals surface area contributed by atoms with E-state index in [9.17, 15) is 4.79 Å². The summed E-state index contributed by atoms with van der Waals surface area (Å²) < 4.78 is 12.7. The van der Waals surface area contributed by atoms with Crippen LogP contribution >= 0.6 is 0 Å². The molecule has 158 valence electrons. The molecule has 1 aromatic heterocycles. The number of benzene rings is 2. The number of amides is 2. The second-order valence-electron chi connectivity index (χ2n) is 7.34. The Labute approximate surface area is 176 Å². The Bertz CT molecular complexity index is 1040. The summed E-state index contributed by atoms with van der Waals surface area (Å²) in [7, 11) is 5.22. The van der Waals surface area contributed by atoms with Crippen molar-refractivity contribution in [3.63, 3.8) is 0 Å². The third-order valence-electron chi connectivity index (χ3n) is 5.54. The standard InChI is InChI=1S/C22H27N5O3/c1-25-18-7-5-4-6-17(18)24-21(25)15-26-10-12-27(13-11-26)22(28)23-16-8-9-19(29-2)20(14-16)30-3/h4-9,14H,10-13,15H2,1-3H3,(H,23,28). The summed E-state index contributed by atoms with van der Waals surface area (Å²) in [5.41, 5.74) is 2.84. The number of aromatic nitrogens is 2. The minimum absolute atomic E-state index is 0.107. The smallest absolute Gasteiger partial charge is 0.321 e. The molecule has 0 spiro atoms. The van der Waals surface area contributed by atoms with E-state index < -0.39 is 0 Å². The Balaban J connectivity index is 1.34. The Morgan fingerprint density at radius 2 is 1.77 bits per heavy atom. The average Bonchev–Trinajstić information content (AvgIpc) is 3.09. The summed E-state index contributed by atoms with van der Waals surface area (Å²) in [6.45, 7) is 3.73. The van der Waals surface area contributed by atoms with E-state index in [1.807, 2.05) is 23.1 Å². The van der Waals surface area contributed by atoms with Crippen molar-refractivity contribution in [3.05, 3.63) is 48.3 Å². The Hall–Kier alpha value is -3.26. The van der Waals surface area contributed by atoms with Gasteiger partial charge in [-0.2, -0.15) is 0 Å². The molecular weight excluding hydrogens is 382 g/mol. The number of aryl methyl sites for hydroxylation is 1. The van der Waals surface area contributed by atoms with Crippen LogP contribution in [0.5, 0.6) is 11.5 Å². The zero-order valence-electron chi connectivity index (χ0n) is 17.6. The maximum Gasteiger partial charge on any atom is 0.321 e. The maximum absolute atomic E-state index is 12.7. The van der Waals surface area contributed by atoms with Crippen LogP contribution in [-0.4, -0.2) is 65.8 Å². The third-order valence-corrected chi connectivity index (χ3v) is 5.54. The largest absolute Gasteiger partial charge is 0.493 e. The lowest BCUT2D eigenvalue weighted by atomic mass is 10.2. The Kier molecular flexibility index (Phi) is 5.76. The molecule has 0 atom stereocenters. The molecular formula is C22H27N5O3. The molecule has 0 aliphatic carbocycles. The van der Waals surface area contributed by atoms with E-state index in [0.717, 1.165) is 36.5 Å². The highest BCUT2D eigenvalue weighted by molar-refractivity contribution is 5.89. The number of nitrogens with zero attached hydrogens (tertiary/aromatic N) is 4. The average molecular weight is 409 g/mol. The number of rotatable bonds is 5. The minimum atomic E-state index is -0.107. The van der Waals surface area contributed by atoms with Crippen LogP contribution in [0.25, 0.3) is 11.0 Å². The quantitative estimate of drug-likeness (QED) is 0.702. The van der Waals surface area contributed by atoms with Gasteiger partial charge in [0.15, 0.2) is 11.5 Å². The molecule has 8 heteroatoms. The number of carbonyl (C=O) groups excluding carboxylic acids is 1. The number of imidazole rings is 1. The lowest BCUT2D eigenvalue weighted by Crippen LogP contribution is -2.49. The fourth-order valence-electron chi connectivity index (χ4n) is 3.76. The summed E-state index contributed by atoms with van der Waals surface area (Å²) in [6, 6.07) is 13.4. The number of piperazine rings is 1. The lowest BCUT2D eigenvalue weighted by molar-refractivity contribution is 0.140. The molecule has 1 N–H and O–H groups in total. The summed E-state index contributed by atoms with van der Waals surface area (Å²) in [6.07, 6.45) is 0. The molecule has 0 bridgehead atoms. The first-order chi connectivity index (χ1) is 14.6. The van der Waals surface area contributed by atoms with E-state index in [0.29, 0.717) is 30.3 Å². The highest BCUT2D eigenvalue weighted by Crippen LogP contribution is 2.29. The van der Waals surface area contributed by atoms with Crippen LogP contribution < -0.4 is 14.8 Å². The van der Waals surface area contributed by atoms with Gasteiger partial charge in [0.25, 0.3) is 0 Å². The molecule has 1 aliphatic rings. The van der Waals surface area contributed by atoms with Crippen molar-refractivity contribution in [2.45, 2.75) is 6.54 Å². The lowest BCUT2D eigenvalue weighted by Gasteiger charge is -2.34. The van der Waals surface area contributed by atoms with Crippen LogP contribution in [0.2, 0.25) is 0 Å². The van der Waals surface area contributed by atoms with Crippen molar-refractivity contribution in [2.75, 3.05) is 45.7 Å². The Morgan fingerprint density at radius 3 is 2.47 bits per heavy atom. The van der Waals surface area contributed by atoms with Gasteiger partial charge in [-0.15, -0.1) is 0 Å². The molecule has 0 saturated carbocycles. The molecule has 1 aliphatic heterocycles. The van der Waals surface area contributed by atoms with Crippen molar-refractivity contribution >= 4 is 22.8 Å². The number of fused-ring (bicyclic) bond motifs is 1. The van der Waals surface area contributed by atoms with Crippen LogP contribution in [-0.2, 0) is 13.6 Å². The molecule has 4 rings (SSSR count). The van der Waals surface area contributed by atoms with E-state index in [4.69, 9.17) is 14.5 Å². The second kappa shape index (κ2) is 8.62. The molecule has 2 heterocycles. The fourth-order valence-corrected chi connectivity index (χ4v) is 3.76. The SMILES string of the molecule is COc1ccc(NC(=O)N2CCN(Cc3nc4ccccc4n3C)CC2)cc1OC. The molecule has 30 heavy (non-hydrogen) atoms. The highest BCUT2D eigenvalue weighted by Gasteiger charge is 2.22. The third kappa shape index (κ3) is 4.04. The first kappa shape index (κ1) is 20.0. The number of nitrogens with one attached hydrogen (secondary N) is 1. The Morgan fingerprint density at radius 1 is 1.03 bits per heavy atom. The van der Waals surface area contributed by atoms with Gasteiger partial charge in [0.05, 0.1) is 31.8 Å². The van der Waals surface area contributed by atoms with Crippen LogP contribution in [0.1, 0.15) is 5.82 Å². The van der Waals surface area contributed by atoms with Gasteiger partial charge >= 0.3 is 6.03 Å². The van der Waals surface area contributed by atoms with Gasteiger partial charge in [0.2, 0.25) is 0 Å². The molecule has 2 aromatic carbocycles. The number of urea groups is 1. The number of ether oxygens (including phenoxy) is 2.